The highest BCUT2D eigenvalue weighted by molar-refractivity contribution is 5.95. The molecule has 2 heterocycles. The number of hydrogen-bond donors (Lipinski definition) is 0. The van der Waals surface area contributed by atoms with Crippen molar-refractivity contribution in [3.63, 3.8) is 0 Å². The molecule has 0 radical (unpaired) electrons. The van der Waals surface area contributed by atoms with Crippen molar-refractivity contribution < 1.29 is 23.8 Å². The Kier molecular flexibility index (Phi) is 11.6. The number of esters is 1. The molecule has 0 unspecified atom stereocenters. The Morgan fingerprint density at radius 3 is 2.56 bits per heavy atom. The van der Waals surface area contributed by atoms with Gasteiger partial charge < -0.3 is 24.0 Å². The molecule has 10 nitrogen and oxygen atoms in total. The zero-order valence-corrected chi connectivity index (χ0v) is 25.9. The number of likely N-dealkylation sites (N-methyl/N-ethyl adjacent to an activating group) is 1. The normalized spacial score (nSPS) is 17.0. The zero-order chi connectivity index (χ0) is 30.8. The van der Waals surface area contributed by atoms with E-state index in [-0.39, 0.29) is 17.9 Å². The number of methoxy groups -OCH3 is 2. The first kappa shape index (κ1) is 32.1. The van der Waals surface area contributed by atoms with E-state index in [0.717, 1.165) is 54.6 Å². The van der Waals surface area contributed by atoms with Crippen molar-refractivity contribution in [3.8, 4) is 5.69 Å². The van der Waals surface area contributed by atoms with Crippen molar-refractivity contribution in [2.24, 2.45) is 5.92 Å². The average Bonchev–Trinajstić information content (AvgIpc) is 3.48. The van der Waals surface area contributed by atoms with E-state index in [9.17, 15) is 9.59 Å². The second kappa shape index (κ2) is 15.6. The van der Waals surface area contributed by atoms with Crippen LogP contribution >= 0.6 is 0 Å². The van der Waals surface area contributed by atoms with Crippen LogP contribution in [0.25, 0.3) is 11.8 Å². The van der Waals surface area contributed by atoms with E-state index in [4.69, 9.17) is 14.2 Å². The molecular weight excluding hydrogens is 546 g/mol. The molecule has 1 saturated carbocycles. The number of aryl methyl sites for hydroxylation is 1. The van der Waals surface area contributed by atoms with Crippen LogP contribution in [0.15, 0.2) is 55.1 Å². The van der Waals surface area contributed by atoms with E-state index in [0.29, 0.717) is 31.0 Å². The number of carbonyl (C=O) groups is 2. The van der Waals surface area contributed by atoms with Crippen LogP contribution in [-0.2, 0) is 37.0 Å². The lowest BCUT2D eigenvalue weighted by Gasteiger charge is -2.32. The third-order valence-electron chi connectivity index (χ3n) is 7.72. The zero-order valence-electron chi connectivity index (χ0n) is 25.9. The third-order valence-corrected chi connectivity index (χ3v) is 7.72. The molecule has 0 N–H and O–H groups in total. The molecule has 0 aliphatic heterocycles. The van der Waals surface area contributed by atoms with Gasteiger partial charge in [0, 0.05) is 43.6 Å². The number of aromatic nitrogens is 3. The number of amides is 1. The summed E-state index contributed by atoms with van der Waals surface area (Å²) in [5.41, 5.74) is 5.39. The van der Waals surface area contributed by atoms with Crippen molar-refractivity contribution in [1.82, 2.24) is 19.7 Å². The topological polar surface area (TPSA) is 99.0 Å². The molecule has 230 valence electrons. The number of nitrogens with zero attached hydrogens (tertiary/aromatic N) is 5. The van der Waals surface area contributed by atoms with E-state index in [1.807, 2.05) is 55.0 Å². The summed E-state index contributed by atoms with van der Waals surface area (Å²) in [5.74, 6) is -0.488. The van der Waals surface area contributed by atoms with Crippen molar-refractivity contribution in [3.05, 3.63) is 77.4 Å². The molecule has 1 amide bonds. The van der Waals surface area contributed by atoms with Gasteiger partial charge in [-0.05, 0) is 87.7 Å². The van der Waals surface area contributed by atoms with Crippen LogP contribution in [0.2, 0.25) is 0 Å². The highest BCUT2D eigenvalue weighted by Crippen LogP contribution is 2.31. The third kappa shape index (κ3) is 9.06. The Bertz CT molecular complexity index is 1390. The summed E-state index contributed by atoms with van der Waals surface area (Å²) in [7, 11) is 7.07. The first-order chi connectivity index (χ1) is 20.8. The standard InChI is InChI=1S/C33H43N5O5/c1-24-16-29(38-21-26(19-35-38)23-41-4)10-7-28(24)22-37(30-17-25(18-34-20-30)6-13-32(39)42-5)33(40)27-8-11-31(12-9-27)43-15-14-36(2)3/h6-7,10,13,16-21,27,31H,8-9,11-12,14-15,22-23H2,1-5H3/b13-6+. The van der Waals surface area contributed by atoms with Crippen LogP contribution in [0.4, 0.5) is 5.69 Å². The number of anilines is 1. The quantitative estimate of drug-likeness (QED) is 0.211. The van der Waals surface area contributed by atoms with Gasteiger partial charge in [0.2, 0.25) is 5.91 Å². The van der Waals surface area contributed by atoms with Gasteiger partial charge in [0.15, 0.2) is 0 Å². The maximum Gasteiger partial charge on any atom is 0.330 e. The number of benzene rings is 1. The molecule has 1 fully saturated rings. The largest absolute Gasteiger partial charge is 0.466 e. The van der Waals surface area contributed by atoms with Crippen molar-refractivity contribution in [2.45, 2.75) is 51.9 Å². The van der Waals surface area contributed by atoms with Crippen LogP contribution in [0, 0.1) is 12.8 Å². The second-order valence-corrected chi connectivity index (χ2v) is 11.2. The van der Waals surface area contributed by atoms with Gasteiger partial charge in [0.05, 0.1) is 56.7 Å². The molecule has 1 aliphatic carbocycles. The van der Waals surface area contributed by atoms with Crippen LogP contribution in [0.5, 0.6) is 0 Å². The van der Waals surface area contributed by atoms with Gasteiger partial charge in [-0.1, -0.05) is 6.07 Å². The minimum Gasteiger partial charge on any atom is -0.466 e. The van der Waals surface area contributed by atoms with E-state index >= 15 is 0 Å². The molecule has 10 heteroatoms. The molecule has 43 heavy (non-hydrogen) atoms. The summed E-state index contributed by atoms with van der Waals surface area (Å²) >= 11 is 0. The molecule has 2 aromatic heterocycles. The molecular formula is C33H43N5O5. The summed E-state index contributed by atoms with van der Waals surface area (Å²) in [6, 6.07) is 8.02. The van der Waals surface area contributed by atoms with E-state index in [1.54, 1.807) is 31.8 Å². The van der Waals surface area contributed by atoms with Crippen LogP contribution in [-0.4, -0.2) is 79.1 Å². The Morgan fingerprint density at radius 1 is 1.07 bits per heavy atom. The number of pyridine rings is 1. The highest BCUT2D eigenvalue weighted by atomic mass is 16.5. The molecule has 3 aromatic rings. The first-order valence-corrected chi connectivity index (χ1v) is 14.7. The molecule has 0 bridgehead atoms. The smallest absolute Gasteiger partial charge is 0.330 e. The predicted molar refractivity (Wildman–Crippen MR) is 166 cm³/mol. The number of carbonyl (C=O) groups excluding carboxylic acids is 2. The van der Waals surface area contributed by atoms with Crippen molar-refractivity contribution in [1.29, 1.82) is 0 Å². The van der Waals surface area contributed by atoms with Crippen LogP contribution in [0.1, 0.15) is 47.9 Å². The fraction of sp³-hybridized carbons (Fsp3) is 0.455. The molecule has 0 spiro atoms. The lowest BCUT2D eigenvalue weighted by Crippen LogP contribution is -2.39. The van der Waals surface area contributed by atoms with Gasteiger partial charge in [-0.25, -0.2) is 9.48 Å². The van der Waals surface area contributed by atoms with Crippen molar-refractivity contribution in [2.75, 3.05) is 46.4 Å². The molecule has 1 aliphatic rings. The highest BCUT2D eigenvalue weighted by Gasteiger charge is 2.31. The number of hydrogen-bond acceptors (Lipinski definition) is 8. The van der Waals surface area contributed by atoms with E-state index < -0.39 is 5.97 Å². The predicted octanol–water partition coefficient (Wildman–Crippen LogP) is 4.58. The maximum absolute atomic E-state index is 14.1. The minimum absolute atomic E-state index is 0.0717. The van der Waals surface area contributed by atoms with Gasteiger partial charge in [0.1, 0.15) is 0 Å². The summed E-state index contributed by atoms with van der Waals surface area (Å²) in [6.07, 6.45) is 13.6. The van der Waals surface area contributed by atoms with Gasteiger partial charge in [-0.3, -0.25) is 9.78 Å². The summed E-state index contributed by atoms with van der Waals surface area (Å²) in [6.45, 7) is 4.52. The maximum atomic E-state index is 14.1. The first-order valence-electron chi connectivity index (χ1n) is 14.7. The van der Waals surface area contributed by atoms with Gasteiger partial charge in [0.25, 0.3) is 0 Å². The fourth-order valence-electron chi connectivity index (χ4n) is 5.22. The molecule has 0 saturated heterocycles. The summed E-state index contributed by atoms with van der Waals surface area (Å²) in [4.78, 5) is 34.1. The lowest BCUT2D eigenvalue weighted by atomic mass is 9.86. The van der Waals surface area contributed by atoms with Crippen LogP contribution < -0.4 is 4.90 Å². The van der Waals surface area contributed by atoms with E-state index in [1.165, 1.54) is 13.2 Å². The Hall–Kier alpha value is -3.86. The van der Waals surface area contributed by atoms with E-state index in [2.05, 4.69) is 21.0 Å². The number of rotatable bonds is 13. The lowest BCUT2D eigenvalue weighted by molar-refractivity contribution is -0.134. The minimum atomic E-state index is -0.454. The number of ether oxygens (including phenoxy) is 3. The molecule has 1 aromatic carbocycles. The summed E-state index contributed by atoms with van der Waals surface area (Å²) in [5, 5.41) is 4.46. The second-order valence-electron chi connectivity index (χ2n) is 11.2. The Balaban J connectivity index is 1.55. The summed E-state index contributed by atoms with van der Waals surface area (Å²) < 4.78 is 17.8. The van der Waals surface area contributed by atoms with Gasteiger partial charge >= 0.3 is 5.97 Å². The van der Waals surface area contributed by atoms with Crippen molar-refractivity contribution >= 4 is 23.6 Å². The SMILES string of the molecule is COCc1cnn(-c2ccc(CN(C(=O)C3CCC(OCCN(C)C)CC3)c3cncc(/C=C/C(=O)OC)c3)c(C)c2)c1. The van der Waals surface area contributed by atoms with Gasteiger partial charge in [-0.2, -0.15) is 5.10 Å². The molecule has 0 atom stereocenters. The fourth-order valence-corrected chi connectivity index (χ4v) is 5.22. The monoisotopic (exact) mass is 589 g/mol. The average molecular weight is 590 g/mol. The Labute approximate surface area is 254 Å². The van der Waals surface area contributed by atoms with Gasteiger partial charge in [-0.15, -0.1) is 0 Å². The van der Waals surface area contributed by atoms with Crippen LogP contribution in [0.3, 0.4) is 0 Å². The Morgan fingerprint density at radius 2 is 1.86 bits per heavy atom. The molecule has 4 rings (SSSR count).